The van der Waals surface area contributed by atoms with Crippen LogP contribution in [0.15, 0.2) is 59.3 Å². The highest BCUT2D eigenvalue weighted by atomic mass is 35.5. The number of sulfone groups is 1. The van der Waals surface area contributed by atoms with Gasteiger partial charge in [0, 0.05) is 29.5 Å². The molecule has 5 rings (SSSR count). The molecule has 1 fully saturated rings. The molecule has 176 valence electrons. The SMILES string of the molecule is O=C(CCc1oc(-n2cnc3ccccc32)nc1-c1ccc(Cl)cc1)NC1CCS(=O)(=O)CC1. The molecule has 0 aliphatic carbocycles. The van der Waals surface area contributed by atoms with Crippen LogP contribution in [0.2, 0.25) is 5.02 Å². The van der Waals surface area contributed by atoms with Gasteiger partial charge in [-0.15, -0.1) is 0 Å². The normalized spacial score (nSPS) is 16.0. The Kier molecular flexibility index (Phi) is 6.14. The van der Waals surface area contributed by atoms with E-state index in [0.717, 1.165) is 16.6 Å². The Morgan fingerprint density at radius 2 is 1.85 bits per heavy atom. The Labute approximate surface area is 201 Å². The first-order valence-corrected chi connectivity index (χ1v) is 13.3. The van der Waals surface area contributed by atoms with Gasteiger partial charge in [-0.2, -0.15) is 4.98 Å². The molecule has 1 aliphatic heterocycles. The predicted molar refractivity (Wildman–Crippen MR) is 130 cm³/mol. The lowest BCUT2D eigenvalue weighted by molar-refractivity contribution is -0.121. The quantitative estimate of drug-likeness (QED) is 0.431. The molecule has 1 N–H and O–H groups in total. The maximum Gasteiger partial charge on any atom is 0.308 e. The second kappa shape index (κ2) is 9.23. The van der Waals surface area contributed by atoms with E-state index in [4.69, 9.17) is 21.0 Å². The molecule has 0 bridgehead atoms. The van der Waals surface area contributed by atoms with E-state index in [-0.39, 0.29) is 29.9 Å². The van der Waals surface area contributed by atoms with Gasteiger partial charge in [-0.3, -0.25) is 9.36 Å². The number of carbonyl (C=O) groups is 1. The van der Waals surface area contributed by atoms with Gasteiger partial charge >= 0.3 is 6.01 Å². The number of oxazole rings is 1. The van der Waals surface area contributed by atoms with E-state index >= 15 is 0 Å². The third kappa shape index (κ3) is 4.85. The van der Waals surface area contributed by atoms with Crippen molar-refractivity contribution in [1.29, 1.82) is 0 Å². The number of amides is 1. The number of halogens is 1. The average molecular weight is 499 g/mol. The molecular weight excluding hydrogens is 476 g/mol. The van der Waals surface area contributed by atoms with Crippen molar-refractivity contribution in [3.63, 3.8) is 0 Å². The number of hydrogen-bond acceptors (Lipinski definition) is 6. The van der Waals surface area contributed by atoms with Crippen LogP contribution >= 0.6 is 11.6 Å². The summed E-state index contributed by atoms with van der Waals surface area (Å²) in [6.45, 7) is 0. The van der Waals surface area contributed by atoms with Gasteiger partial charge in [0.05, 0.1) is 22.5 Å². The largest absolute Gasteiger partial charge is 0.427 e. The summed E-state index contributed by atoms with van der Waals surface area (Å²) >= 11 is 6.06. The first-order chi connectivity index (χ1) is 16.4. The molecule has 1 saturated heterocycles. The van der Waals surface area contributed by atoms with E-state index < -0.39 is 9.84 Å². The summed E-state index contributed by atoms with van der Waals surface area (Å²) in [7, 11) is -2.97. The molecule has 2 aromatic heterocycles. The van der Waals surface area contributed by atoms with Crippen LogP contribution < -0.4 is 5.32 Å². The molecule has 0 radical (unpaired) electrons. The molecule has 1 amide bonds. The zero-order valence-electron chi connectivity index (χ0n) is 18.3. The minimum absolute atomic E-state index is 0.114. The summed E-state index contributed by atoms with van der Waals surface area (Å²) in [6.07, 6.45) is 3.10. The van der Waals surface area contributed by atoms with E-state index in [2.05, 4.69) is 10.3 Å². The molecule has 1 aliphatic rings. The first kappa shape index (κ1) is 22.6. The first-order valence-electron chi connectivity index (χ1n) is 11.1. The van der Waals surface area contributed by atoms with Gasteiger partial charge in [-0.25, -0.2) is 13.4 Å². The van der Waals surface area contributed by atoms with Gasteiger partial charge in [0.15, 0.2) is 0 Å². The van der Waals surface area contributed by atoms with Crippen molar-refractivity contribution in [3.05, 3.63) is 65.6 Å². The van der Waals surface area contributed by atoms with Crippen LogP contribution in [0.1, 0.15) is 25.0 Å². The van der Waals surface area contributed by atoms with Crippen LogP contribution in [-0.2, 0) is 21.1 Å². The van der Waals surface area contributed by atoms with E-state index in [1.54, 1.807) is 23.0 Å². The predicted octanol–water partition coefficient (Wildman–Crippen LogP) is 3.96. The number of nitrogens with zero attached hydrogens (tertiary/aromatic N) is 3. The van der Waals surface area contributed by atoms with Gasteiger partial charge in [0.25, 0.3) is 0 Å². The van der Waals surface area contributed by atoms with Crippen molar-refractivity contribution in [3.8, 4) is 17.3 Å². The highest BCUT2D eigenvalue weighted by Gasteiger charge is 2.25. The van der Waals surface area contributed by atoms with E-state index in [1.807, 2.05) is 36.4 Å². The average Bonchev–Trinajstić information content (AvgIpc) is 3.44. The van der Waals surface area contributed by atoms with Crippen LogP contribution in [0.25, 0.3) is 28.3 Å². The maximum absolute atomic E-state index is 12.6. The maximum atomic E-state index is 12.6. The zero-order chi connectivity index (χ0) is 23.7. The summed E-state index contributed by atoms with van der Waals surface area (Å²) in [6, 6.07) is 15.2. The number of nitrogens with one attached hydrogen (secondary N) is 1. The van der Waals surface area contributed by atoms with Crippen molar-refractivity contribution in [2.24, 2.45) is 0 Å². The van der Waals surface area contributed by atoms with Gasteiger partial charge in [-0.05, 0) is 37.1 Å². The van der Waals surface area contributed by atoms with Crippen molar-refractivity contribution in [2.75, 3.05) is 11.5 Å². The summed E-state index contributed by atoms with van der Waals surface area (Å²) < 4.78 is 31.2. The lowest BCUT2D eigenvalue weighted by atomic mass is 10.1. The molecule has 10 heteroatoms. The van der Waals surface area contributed by atoms with Gasteiger partial charge in [-0.1, -0.05) is 35.9 Å². The number of aryl methyl sites for hydroxylation is 1. The van der Waals surface area contributed by atoms with Crippen LogP contribution in [0.4, 0.5) is 0 Å². The molecule has 0 spiro atoms. The summed E-state index contributed by atoms with van der Waals surface area (Å²) in [5.41, 5.74) is 3.16. The minimum atomic E-state index is -2.97. The number of imidazole rings is 1. The van der Waals surface area contributed by atoms with Gasteiger partial charge in [0.1, 0.15) is 27.6 Å². The van der Waals surface area contributed by atoms with Crippen molar-refractivity contribution >= 4 is 38.4 Å². The molecule has 0 unspecified atom stereocenters. The number of fused-ring (bicyclic) bond motifs is 1. The van der Waals surface area contributed by atoms with E-state index in [0.29, 0.717) is 41.8 Å². The van der Waals surface area contributed by atoms with Crippen LogP contribution in [0.3, 0.4) is 0 Å². The standard InChI is InChI=1S/C24H23ClN4O4S/c25-17-7-5-16(6-8-17)23-21(9-10-22(30)27-18-11-13-34(31,32)14-12-18)33-24(28-23)29-15-26-19-3-1-2-4-20(19)29/h1-8,15,18H,9-14H2,(H,27,30). The Morgan fingerprint density at radius 1 is 1.12 bits per heavy atom. The van der Waals surface area contributed by atoms with Crippen molar-refractivity contribution in [1.82, 2.24) is 19.9 Å². The Morgan fingerprint density at radius 3 is 2.62 bits per heavy atom. The van der Waals surface area contributed by atoms with Gasteiger partial charge in [0.2, 0.25) is 5.91 Å². The Hall–Kier alpha value is -3.17. The molecule has 34 heavy (non-hydrogen) atoms. The lowest BCUT2D eigenvalue weighted by Crippen LogP contribution is -2.40. The van der Waals surface area contributed by atoms with E-state index in [1.165, 1.54) is 0 Å². The number of carbonyl (C=O) groups excluding carboxylic acids is 1. The smallest absolute Gasteiger partial charge is 0.308 e. The van der Waals surface area contributed by atoms with Crippen LogP contribution in [0.5, 0.6) is 0 Å². The summed E-state index contributed by atoms with van der Waals surface area (Å²) in [5, 5.41) is 3.57. The number of hydrogen-bond donors (Lipinski definition) is 1. The second-order valence-electron chi connectivity index (χ2n) is 8.37. The molecule has 3 heterocycles. The number of para-hydroxylation sites is 2. The molecule has 0 saturated carbocycles. The van der Waals surface area contributed by atoms with Crippen LogP contribution in [-0.4, -0.2) is 46.4 Å². The molecule has 8 nitrogen and oxygen atoms in total. The number of aromatic nitrogens is 3. The third-order valence-electron chi connectivity index (χ3n) is 5.96. The zero-order valence-corrected chi connectivity index (χ0v) is 19.8. The highest BCUT2D eigenvalue weighted by Crippen LogP contribution is 2.29. The molecule has 4 aromatic rings. The van der Waals surface area contributed by atoms with E-state index in [9.17, 15) is 13.2 Å². The second-order valence-corrected chi connectivity index (χ2v) is 11.1. The topological polar surface area (TPSA) is 107 Å². The fourth-order valence-corrected chi connectivity index (χ4v) is 5.74. The molecule has 0 atom stereocenters. The Balaban J connectivity index is 1.38. The fraction of sp³-hybridized carbons (Fsp3) is 0.292. The highest BCUT2D eigenvalue weighted by molar-refractivity contribution is 7.91. The van der Waals surface area contributed by atoms with Crippen LogP contribution in [0, 0.1) is 0 Å². The summed E-state index contributed by atoms with van der Waals surface area (Å²) in [5.74, 6) is 0.667. The molecular formula is C24H23ClN4O4S. The summed E-state index contributed by atoms with van der Waals surface area (Å²) in [4.78, 5) is 21.7. The lowest BCUT2D eigenvalue weighted by Gasteiger charge is -2.22. The third-order valence-corrected chi connectivity index (χ3v) is 7.93. The Bertz CT molecular complexity index is 1430. The molecule has 2 aromatic carbocycles. The number of rotatable bonds is 6. The van der Waals surface area contributed by atoms with Crippen molar-refractivity contribution < 1.29 is 17.6 Å². The fourth-order valence-electron chi connectivity index (χ4n) is 4.12. The van der Waals surface area contributed by atoms with Crippen molar-refractivity contribution in [2.45, 2.75) is 31.7 Å². The van der Waals surface area contributed by atoms with Gasteiger partial charge < -0.3 is 9.73 Å². The number of benzene rings is 2. The minimum Gasteiger partial charge on any atom is -0.427 e. The monoisotopic (exact) mass is 498 g/mol.